The summed E-state index contributed by atoms with van der Waals surface area (Å²) < 4.78 is 5.24. The minimum Gasteiger partial charge on any atom is -0.389 e. The van der Waals surface area contributed by atoms with Gasteiger partial charge < -0.3 is 14.2 Å². The normalized spacial score (nSPS) is 11.3. The Morgan fingerprint density at radius 2 is 1.89 bits per heavy atom. The number of nitrogens with zero attached hydrogens (tertiary/aromatic N) is 3. The van der Waals surface area contributed by atoms with Crippen molar-refractivity contribution in [1.82, 2.24) is 9.88 Å². The van der Waals surface area contributed by atoms with E-state index in [9.17, 15) is 4.79 Å². The van der Waals surface area contributed by atoms with Crippen LogP contribution in [0.1, 0.15) is 11.1 Å². The van der Waals surface area contributed by atoms with Crippen LogP contribution in [0.4, 0.5) is 6.01 Å². The van der Waals surface area contributed by atoms with E-state index in [1.54, 1.807) is 19.0 Å². The number of aromatic nitrogens is 1. The third-order valence-electron chi connectivity index (χ3n) is 3.03. The fourth-order valence-electron chi connectivity index (χ4n) is 2.05. The van der Waals surface area contributed by atoms with Crippen molar-refractivity contribution >= 4 is 16.9 Å². The zero-order valence-corrected chi connectivity index (χ0v) is 12.0. The molecule has 0 bridgehead atoms. The van der Waals surface area contributed by atoms with Crippen LogP contribution in [0.25, 0.3) is 10.9 Å². The summed E-state index contributed by atoms with van der Waals surface area (Å²) >= 11 is 0. The van der Waals surface area contributed by atoms with Crippen molar-refractivity contribution < 1.29 is 4.42 Å². The Morgan fingerprint density at radius 3 is 2.47 bits per heavy atom. The van der Waals surface area contributed by atoms with Gasteiger partial charge in [-0.1, -0.05) is 6.07 Å². The van der Waals surface area contributed by atoms with Gasteiger partial charge in [0.15, 0.2) is 0 Å². The van der Waals surface area contributed by atoms with Gasteiger partial charge in [0.25, 0.3) is 6.01 Å². The minimum absolute atomic E-state index is 0.327. The van der Waals surface area contributed by atoms with Crippen LogP contribution in [0.2, 0.25) is 0 Å². The van der Waals surface area contributed by atoms with Crippen LogP contribution in [0.3, 0.4) is 0 Å². The molecule has 0 fully saturated rings. The van der Waals surface area contributed by atoms with Gasteiger partial charge in [-0.25, -0.2) is 4.79 Å². The molecule has 1 aromatic carbocycles. The standard InChI is InChI=1S/C14H19N3O2/c1-9-10(8-16(2)3)6-7-11-12(9)13(18)19-14(15-11)17(4)5/h6-7H,8H2,1-5H3. The Kier molecular flexibility index (Phi) is 3.57. The lowest BCUT2D eigenvalue weighted by Gasteiger charge is -2.14. The molecule has 0 atom stereocenters. The summed E-state index contributed by atoms with van der Waals surface area (Å²) in [7, 11) is 7.59. The van der Waals surface area contributed by atoms with Crippen molar-refractivity contribution in [3.63, 3.8) is 0 Å². The monoisotopic (exact) mass is 261 g/mol. The number of anilines is 1. The zero-order chi connectivity index (χ0) is 14.2. The predicted octanol–water partition coefficient (Wildman–Crippen LogP) is 1.62. The molecule has 1 heterocycles. The number of aryl methyl sites for hydroxylation is 1. The molecule has 102 valence electrons. The highest BCUT2D eigenvalue weighted by Crippen LogP contribution is 2.20. The molecule has 5 heteroatoms. The fraction of sp³-hybridized carbons (Fsp3) is 0.429. The molecular weight excluding hydrogens is 242 g/mol. The lowest BCUT2D eigenvalue weighted by atomic mass is 10.0. The van der Waals surface area contributed by atoms with Crippen LogP contribution in [0.5, 0.6) is 0 Å². The highest BCUT2D eigenvalue weighted by molar-refractivity contribution is 5.82. The van der Waals surface area contributed by atoms with Crippen LogP contribution in [0.15, 0.2) is 21.3 Å². The molecular formula is C14H19N3O2. The highest BCUT2D eigenvalue weighted by atomic mass is 16.4. The molecule has 1 aromatic heterocycles. The Balaban J connectivity index is 2.67. The Labute approximate surface area is 112 Å². The second-order valence-corrected chi connectivity index (χ2v) is 5.16. The number of hydrogen-bond donors (Lipinski definition) is 0. The van der Waals surface area contributed by atoms with Crippen molar-refractivity contribution in [3.05, 3.63) is 33.7 Å². The lowest BCUT2D eigenvalue weighted by Crippen LogP contribution is -2.16. The largest absolute Gasteiger partial charge is 0.389 e. The lowest BCUT2D eigenvalue weighted by molar-refractivity contribution is 0.401. The van der Waals surface area contributed by atoms with E-state index in [2.05, 4.69) is 9.88 Å². The summed E-state index contributed by atoms with van der Waals surface area (Å²) in [5.41, 5.74) is 2.41. The minimum atomic E-state index is -0.327. The van der Waals surface area contributed by atoms with E-state index < -0.39 is 0 Å². The number of rotatable bonds is 3. The second-order valence-electron chi connectivity index (χ2n) is 5.16. The van der Waals surface area contributed by atoms with Crippen molar-refractivity contribution in [2.45, 2.75) is 13.5 Å². The maximum atomic E-state index is 12.1. The van der Waals surface area contributed by atoms with Crippen molar-refractivity contribution in [3.8, 4) is 0 Å². The molecule has 0 N–H and O–H groups in total. The van der Waals surface area contributed by atoms with Crippen LogP contribution in [0, 0.1) is 6.92 Å². The average Bonchev–Trinajstić information content (AvgIpc) is 2.31. The molecule has 0 spiro atoms. The summed E-state index contributed by atoms with van der Waals surface area (Å²) in [6.45, 7) is 2.73. The number of benzene rings is 1. The molecule has 2 rings (SSSR count). The maximum Gasteiger partial charge on any atom is 0.348 e. The number of hydrogen-bond acceptors (Lipinski definition) is 5. The Hall–Kier alpha value is -1.88. The molecule has 0 aliphatic carbocycles. The molecule has 0 aliphatic rings. The van der Waals surface area contributed by atoms with Gasteiger partial charge in [-0.05, 0) is 38.2 Å². The molecule has 5 nitrogen and oxygen atoms in total. The average molecular weight is 261 g/mol. The fourth-order valence-corrected chi connectivity index (χ4v) is 2.05. The Morgan fingerprint density at radius 1 is 1.21 bits per heavy atom. The number of fused-ring (bicyclic) bond motifs is 1. The molecule has 0 amide bonds. The van der Waals surface area contributed by atoms with E-state index in [0.717, 1.165) is 17.7 Å². The van der Waals surface area contributed by atoms with Crippen molar-refractivity contribution in [2.75, 3.05) is 33.1 Å². The summed E-state index contributed by atoms with van der Waals surface area (Å²) in [4.78, 5) is 20.2. The highest BCUT2D eigenvalue weighted by Gasteiger charge is 2.12. The van der Waals surface area contributed by atoms with E-state index in [-0.39, 0.29) is 5.63 Å². The van der Waals surface area contributed by atoms with Gasteiger partial charge in [0.05, 0.1) is 10.9 Å². The van der Waals surface area contributed by atoms with E-state index in [0.29, 0.717) is 16.9 Å². The first kappa shape index (κ1) is 13.5. The molecule has 0 aliphatic heterocycles. The molecule has 19 heavy (non-hydrogen) atoms. The van der Waals surface area contributed by atoms with Gasteiger partial charge >= 0.3 is 5.63 Å². The summed E-state index contributed by atoms with van der Waals surface area (Å²) in [5.74, 6) is 0. The first-order valence-corrected chi connectivity index (χ1v) is 6.15. The van der Waals surface area contributed by atoms with E-state index in [1.165, 1.54) is 0 Å². The van der Waals surface area contributed by atoms with Gasteiger partial charge in [0.2, 0.25) is 0 Å². The maximum absolute atomic E-state index is 12.1. The summed E-state index contributed by atoms with van der Waals surface area (Å²) in [6.07, 6.45) is 0. The van der Waals surface area contributed by atoms with Gasteiger partial charge in [0.1, 0.15) is 0 Å². The third-order valence-corrected chi connectivity index (χ3v) is 3.03. The molecule has 0 saturated carbocycles. The predicted molar refractivity (Wildman–Crippen MR) is 76.7 cm³/mol. The molecule has 0 radical (unpaired) electrons. The summed E-state index contributed by atoms with van der Waals surface area (Å²) in [5, 5.41) is 0.574. The topological polar surface area (TPSA) is 49.6 Å². The van der Waals surface area contributed by atoms with E-state index in [1.807, 2.05) is 33.2 Å². The van der Waals surface area contributed by atoms with Gasteiger partial charge in [-0.3, -0.25) is 0 Å². The van der Waals surface area contributed by atoms with Gasteiger partial charge in [-0.2, -0.15) is 4.98 Å². The first-order valence-electron chi connectivity index (χ1n) is 6.15. The second kappa shape index (κ2) is 5.01. The van der Waals surface area contributed by atoms with Crippen molar-refractivity contribution in [1.29, 1.82) is 0 Å². The zero-order valence-electron chi connectivity index (χ0n) is 12.0. The Bertz CT molecular complexity index is 660. The van der Waals surface area contributed by atoms with Crippen LogP contribution < -0.4 is 10.5 Å². The molecule has 0 unspecified atom stereocenters. The van der Waals surface area contributed by atoms with E-state index in [4.69, 9.17) is 4.42 Å². The van der Waals surface area contributed by atoms with Crippen LogP contribution in [-0.4, -0.2) is 38.1 Å². The quantitative estimate of drug-likeness (QED) is 0.840. The third kappa shape index (κ3) is 2.61. The molecule has 0 saturated heterocycles. The SMILES string of the molecule is Cc1c(CN(C)C)ccc2nc(N(C)C)oc(=O)c12. The first-order chi connectivity index (χ1) is 8.90. The molecule has 2 aromatic rings. The van der Waals surface area contributed by atoms with Crippen LogP contribution in [-0.2, 0) is 6.54 Å². The summed E-state index contributed by atoms with van der Waals surface area (Å²) in [6, 6.07) is 4.23. The van der Waals surface area contributed by atoms with Crippen molar-refractivity contribution in [2.24, 2.45) is 0 Å². The van der Waals surface area contributed by atoms with E-state index >= 15 is 0 Å². The van der Waals surface area contributed by atoms with Crippen LogP contribution >= 0.6 is 0 Å². The van der Waals surface area contributed by atoms with Gasteiger partial charge in [0, 0.05) is 20.6 Å². The van der Waals surface area contributed by atoms with Gasteiger partial charge in [-0.15, -0.1) is 0 Å². The smallest absolute Gasteiger partial charge is 0.348 e.